The summed E-state index contributed by atoms with van der Waals surface area (Å²) in [6.07, 6.45) is 1.51. The topological polar surface area (TPSA) is 98.3 Å². The molecule has 0 saturated carbocycles. The Bertz CT molecular complexity index is 1170. The normalized spacial score (nSPS) is 11.7. The van der Waals surface area contributed by atoms with Gasteiger partial charge >= 0.3 is 0 Å². The molecule has 3 rings (SSSR count). The first kappa shape index (κ1) is 21.9. The summed E-state index contributed by atoms with van der Waals surface area (Å²) < 4.78 is 38.6. The Hall–Kier alpha value is -2.78. The van der Waals surface area contributed by atoms with Gasteiger partial charge in [0.1, 0.15) is 11.6 Å². The molecule has 0 unspecified atom stereocenters. The summed E-state index contributed by atoms with van der Waals surface area (Å²) in [5.41, 5.74) is 2.06. The first-order chi connectivity index (χ1) is 14.2. The Balaban J connectivity index is 1.77. The lowest BCUT2D eigenvalue weighted by Gasteiger charge is -2.17. The molecule has 0 radical (unpaired) electrons. The second kappa shape index (κ2) is 8.93. The number of carbonyl (C=O) groups is 1. The van der Waals surface area contributed by atoms with Gasteiger partial charge in [0, 0.05) is 33.0 Å². The third-order valence-corrected chi connectivity index (χ3v) is 5.78. The molecule has 7 nitrogen and oxygen atoms in total. The van der Waals surface area contributed by atoms with E-state index in [1.807, 2.05) is 11.5 Å². The number of aromatic nitrogens is 2. The highest BCUT2D eigenvalue weighted by Gasteiger charge is 2.17. The number of carbonyl (C=O) groups excluding carboxylic acids is 1. The highest BCUT2D eigenvalue weighted by Crippen LogP contribution is 2.21. The van der Waals surface area contributed by atoms with Crippen molar-refractivity contribution >= 4 is 27.0 Å². The Labute approximate surface area is 175 Å². The summed E-state index contributed by atoms with van der Waals surface area (Å²) >= 11 is 0. The lowest BCUT2D eigenvalue weighted by Crippen LogP contribution is -2.26. The van der Waals surface area contributed by atoms with E-state index >= 15 is 0 Å². The molecule has 9 heteroatoms. The standard InChI is InChI=1S/C21H25FN4O3S/c1-3-11-26-19-8-7-17(30(23,28)29)13-18(19)24-20(26)9-10-21(27)25(2)14-15-5-4-6-16(22)12-15/h4-8,12-13H,3,9-11,14H2,1-2H3,(H2,23,28,29). The highest BCUT2D eigenvalue weighted by molar-refractivity contribution is 7.89. The predicted octanol–water partition coefficient (Wildman–Crippen LogP) is 2.82. The van der Waals surface area contributed by atoms with Gasteiger partial charge in [0.25, 0.3) is 0 Å². The number of benzene rings is 2. The molecule has 2 N–H and O–H groups in total. The summed E-state index contributed by atoms with van der Waals surface area (Å²) in [6.45, 7) is 3.06. The number of nitrogens with two attached hydrogens (primary N) is 1. The van der Waals surface area contributed by atoms with Crippen LogP contribution in [0.2, 0.25) is 0 Å². The van der Waals surface area contributed by atoms with Crippen molar-refractivity contribution in [2.24, 2.45) is 5.14 Å². The predicted molar refractivity (Wildman–Crippen MR) is 113 cm³/mol. The van der Waals surface area contributed by atoms with Crippen LogP contribution < -0.4 is 5.14 Å². The molecule has 0 fully saturated rings. The number of hydrogen-bond acceptors (Lipinski definition) is 4. The van der Waals surface area contributed by atoms with E-state index in [1.165, 1.54) is 24.3 Å². The van der Waals surface area contributed by atoms with Crippen molar-refractivity contribution < 1.29 is 17.6 Å². The molecule has 30 heavy (non-hydrogen) atoms. The van der Waals surface area contributed by atoms with Gasteiger partial charge in [-0.2, -0.15) is 0 Å². The highest BCUT2D eigenvalue weighted by atomic mass is 32.2. The lowest BCUT2D eigenvalue weighted by molar-refractivity contribution is -0.130. The molecule has 0 aliphatic rings. The summed E-state index contributed by atoms with van der Waals surface area (Å²) in [7, 11) is -2.14. The molecule has 0 bridgehead atoms. The van der Waals surface area contributed by atoms with Gasteiger partial charge in [0.15, 0.2) is 0 Å². The van der Waals surface area contributed by atoms with Gasteiger partial charge in [-0.05, 0) is 42.3 Å². The van der Waals surface area contributed by atoms with Crippen LogP contribution in [-0.2, 0) is 34.3 Å². The third-order valence-electron chi connectivity index (χ3n) is 4.87. The molecule has 2 aromatic carbocycles. The van der Waals surface area contributed by atoms with Crippen molar-refractivity contribution in [3.8, 4) is 0 Å². The molecule has 1 aromatic heterocycles. The van der Waals surface area contributed by atoms with E-state index in [0.29, 0.717) is 30.9 Å². The minimum absolute atomic E-state index is 0.00796. The van der Waals surface area contributed by atoms with Crippen molar-refractivity contribution in [3.05, 3.63) is 59.7 Å². The molecule has 0 saturated heterocycles. The summed E-state index contributed by atoms with van der Waals surface area (Å²) in [5, 5.41) is 5.22. The molecule has 1 amide bonds. The Morgan fingerprint density at radius 2 is 2.00 bits per heavy atom. The Morgan fingerprint density at radius 1 is 1.23 bits per heavy atom. The van der Waals surface area contributed by atoms with Crippen LogP contribution in [0.3, 0.4) is 0 Å². The van der Waals surface area contributed by atoms with Gasteiger partial charge in [-0.1, -0.05) is 19.1 Å². The fourth-order valence-electron chi connectivity index (χ4n) is 3.41. The van der Waals surface area contributed by atoms with Crippen LogP contribution in [0.15, 0.2) is 47.4 Å². The number of nitrogens with zero attached hydrogens (tertiary/aromatic N) is 3. The van der Waals surface area contributed by atoms with Crippen molar-refractivity contribution in [3.63, 3.8) is 0 Å². The van der Waals surface area contributed by atoms with Crippen molar-refractivity contribution in [1.82, 2.24) is 14.5 Å². The first-order valence-corrected chi connectivity index (χ1v) is 11.2. The number of halogens is 1. The number of amides is 1. The fourth-order valence-corrected chi connectivity index (χ4v) is 3.94. The molecule has 160 valence electrons. The third kappa shape index (κ3) is 5.03. The monoisotopic (exact) mass is 432 g/mol. The van der Waals surface area contributed by atoms with Crippen LogP contribution in [0, 0.1) is 5.82 Å². The first-order valence-electron chi connectivity index (χ1n) is 9.69. The minimum Gasteiger partial charge on any atom is -0.341 e. The summed E-state index contributed by atoms with van der Waals surface area (Å²) in [5.74, 6) is 0.297. The second-order valence-corrected chi connectivity index (χ2v) is 8.82. The van der Waals surface area contributed by atoms with E-state index in [-0.39, 0.29) is 23.0 Å². The van der Waals surface area contributed by atoms with Gasteiger partial charge in [-0.15, -0.1) is 0 Å². The second-order valence-electron chi connectivity index (χ2n) is 7.25. The number of sulfonamides is 1. The summed E-state index contributed by atoms with van der Waals surface area (Å²) in [4.78, 5) is 18.7. The van der Waals surface area contributed by atoms with Crippen LogP contribution in [-0.4, -0.2) is 35.8 Å². The molecular formula is C21H25FN4O3S. The van der Waals surface area contributed by atoms with Crippen LogP contribution in [0.4, 0.5) is 4.39 Å². The lowest BCUT2D eigenvalue weighted by atomic mass is 10.2. The number of fused-ring (bicyclic) bond motifs is 1. The number of imidazole rings is 1. The molecule has 0 aliphatic heterocycles. The average Bonchev–Trinajstić information content (AvgIpc) is 3.02. The van der Waals surface area contributed by atoms with E-state index < -0.39 is 10.0 Å². The fraction of sp³-hybridized carbons (Fsp3) is 0.333. The van der Waals surface area contributed by atoms with Crippen LogP contribution in [0.1, 0.15) is 31.2 Å². The van der Waals surface area contributed by atoms with Gasteiger partial charge in [-0.3, -0.25) is 4.79 Å². The number of primary sulfonamides is 1. The maximum Gasteiger partial charge on any atom is 0.238 e. The van der Waals surface area contributed by atoms with Gasteiger partial charge in [0.05, 0.1) is 15.9 Å². The van der Waals surface area contributed by atoms with E-state index in [9.17, 15) is 17.6 Å². The zero-order chi connectivity index (χ0) is 21.9. The SMILES string of the molecule is CCCn1c(CCC(=O)N(C)Cc2cccc(F)c2)nc2cc(S(N)(=O)=O)ccc21. The minimum atomic E-state index is -3.82. The molecule has 1 heterocycles. The van der Waals surface area contributed by atoms with Crippen LogP contribution in [0.5, 0.6) is 0 Å². The molecule has 0 atom stereocenters. The zero-order valence-corrected chi connectivity index (χ0v) is 17.8. The van der Waals surface area contributed by atoms with Gasteiger partial charge in [0.2, 0.25) is 15.9 Å². The quantitative estimate of drug-likeness (QED) is 0.592. The number of aryl methyl sites for hydroxylation is 2. The number of rotatable bonds is 8. The van der Waals surface area contributed by atoms with Crippen LogP contribution in [0.25, 0.3) is 11.0 Å². The maximum atomic E-state index is 13.3. The largest absolute Gasteiger partial charge is 0.341 e. The van der Waals surface area contributed by atoms with Gasteiger partial charge < -0.3 is 9.47 Å². The molecule has 3 aromatic rings. The van der Waals surface area contributed by atoms with Crippen molar-refractivity contribution in [2.75, 3.05) is 7.05 Å². The van der Waals surface area contributed by atoms with E-state index in [4.69, 9.17) is 5.14 Å². The zero-order valence-electron chi connectivity index (χ0n) is 17.0. The Morgan fingerprint density at radius 3 is 2.67 bits per heavy atom. The smallest absolute Gasteiger partial charge is 0.238 e. The van der Waals surface area contributed by atoms with Crippen LogP contribution >= 0.6 is 0 Å². The van der Waals surface area contributed by atoms with Crippen molar-refractivity contribution in [1.29, 1.82) is 0 Å². The molecular weight excluding hydrogens is 407 g/mol. The van der Waals surface area contributed by atoms with E-state index in [2.05, 4.69) is 4.98 Å². The van der Waals surface area contributed by atoms with Gasteiger partial charge in [-0.25, -0.2) is 22.9 Å². The van der Waals surface area contributed by atoms with Crippen molar-refractivity contribution in [2.45, 2.75) is 44.2 Å². The molecule has 0 spiro atoms. The molecule has 0 aliphatic carbocycles. The number of hydrogen-bond donors (Lipinski definition) is 1. The average molecular weight is 433 g/mol. The maximum absolute atomic E-state index is 13.3. The van der Waals surface area contributed by atoms with E-state index in [1.54, 1.807) is 30.1 Å². The summed E-state index contributed by atoms with van der Waals surface area (Å²) in [6, 6.07) is 10.8. The van der Waals surface area contributed by atoms with E-state index in [0.717, 1.165) is 17.5 Å². The Kier molecular flexibility index (Phi) is 6.52.